The molecule has 0 spiro atoms. The van der Waals surface area contributed by atoms with E-state index in [4.69, 9.17) is 5.73 Å². The average molecular weight is 220 g/mol. The number of hydrogen-bond acceptors (Lipinski definition) is 2. The summed E-state index contributed by atoms with van der Waals surface area (Å²) < 4.78 is 0. The molecule has 0 bridgehead atoms. The van der Waals surface area contributed by atoms with Gasteiger partial charge in [0.15, 0.2) is 5.96 Å². The largest absolute Gasteiger partial charge is 0.378 e. The van der Waals surface area contributed by atoms with Gasteiger partial charge in [-0.2, -0.15) is 0 Å². The van der Waals surface area contributed by atoms with Crippen molar-refractivity contribution in [2.24, 2.45) is 10.7 Å². The summed E-state index contributed by atoms with van der Waals surface area (Å²) in [7, 11) is 4.02. The van der Waals surface area contributed by atoms with Crippen molar-refractivity contribution < 1.29 is 0 Å². The monoisotopic (exact) mass is 220 g/mol. The van der Waals surface area contributed by atoms with Crippen molar-refractivity contribution in [3.63, 3.8) is 0 Å². The van der Waals surface area contributed by atoms with Crippen molar-refractivity contribution in [2.45, 2.75) is 13.3 Å². The van der Waals surface area contributed by atoms with Gasteiger partial charge in [0.1, 0.15) is 0 Å². The standard InChI is InChI=1S/C12H20N4/c1-4-8-14-12(13)15-10-6-5-7-11(9-10)16(2)3/h5-7,9H,4,8H2,1-3H3,(H3,13,14,15). The van der Waals surface area contributed by atoms with Crippen LogP contribution in [0, 0.1) is 0 Å². The number of benzene rings is 1. The SMILES string of the molecule is CCCN=C(N)Nc1cccc(N(C)C)c1. The second-order valence-corrected chi connectivity index (χ2v) is 3.84. The first-order chi connectivity index (χ1) is 7.63. The Morgan fingerprint density at radius 3 is 2.81 bits per heavy atom. The lowest BCUT2D eigenvalue weighted by atomic mass is 10.2. The van der Waals surface area contributed by atoms with Crippen LogP contribution >= 0.6 is 0 Å². The number of hydrogen-bond donors (Lipinski definition) is 2. The van der Waals surface area contributed by atoms with Crippen LogP contribution < -0.4 is 16.0 Å². The van der Waals surface area contributed by atoms with Gasteiger partial charge in [0.2, 0.25) is 0 Å². The minimum absolute atomic E-state index is 0.470. The van der Waals surface area contributed by atoms with Gasteiger partial charge in [0, 0.05) is 32.0 Å². The fourth-order valence-corrected chi connectivity index (χ4v) is 1.28. The fraction of sp³-hybridized carbons (Fsp3) is 0.417. The summed E-state index contributed by atoms with van der Waals surface area (Å²) in [6, 6.07) is 8.05. The summed E-state index contributed by atoms with van der Waals surface area (Å²) in [6.45, 7) is 2.83. The molecule has 88 valence electrons. The smallest absolute Gasteiger partial charge is 0.193 e. The molecule has 0 aromatic heterocycles. The molecule has 1 rings (SSSR count). The second-order valence-electron chi connectivity index (χ2n) is 3.84. The van der Waals surface area contributed by atoms with E-state index in [0.29, 0.717) is 5.96 Å². The Morgan fingerprint density at radius 1 is 1.44 bits per heavy atom. The molecular weight excluding hydrogens is 200 g/mol. The molecule has 0 fully saturated rings. The Hall–Kier alpha value is -1.71. The van der Waals surface area contributed by atoms with Crippen LogP contribution in [0.4, 0.5) is 11.4 Å². The molecule has 0 aliphatic carbocycles. The van der Waals surface area contributed by atoms with E-state index >= 15 is 0 Å². The van der Waals surface area contributed by atoms with E-state index in [1.54, 1.807) is 0 Å². The lowest BCUT2D eigenvalue weighted by molar-refractivity contribution is 0.929. The van der Waals surface area contributed by atoms with Crippen molar-refractivity contribution >= 4 is 17.3 Å². The van der Waals surface area contributed by atoms with E-state index in [1.807, 2.05) is 43.3 Å². The molecule has 1 aromatic carbocycles. The molecule has 0 saturated carbocycles. The highest BCUT2D eigenvalue weighted by molar-refractivity contribution is 5.92. The molecule has 4 nitrogen and oxygen atoms in total. The number of nitrogens with zero attached hydrogens (tertiary/aromatic N) is 2. The normalized spacial score (nSPS) is 11.3. The molecule has 0 amide bonds. The summed E-state index contributed by atoms with van der Waals surface area (Å²) in [5, 5.41) is 3.07. The van der Waals surface area contributed by atoms with Crippen molar-refractivity contribution in [1.29, 1.82) is 0 Å². The Labute approximate surface area is 97.2 Å². The number of guanidine groups is 1. The van der Waals surface area contributed by atoms with E-state index in [9.17, 15) is 0 Å². The Kier molecular flexibility index (Phi) is 4.64. The highest BCUT2D eigenvalue weighted by atomic mass is 15.1. The maximum absolute atomic E-state index is 5.74. The number of nitrogens with one attached hydrogen (secondary N) is 1. The van der Waals surface area contributed by atoms with Gasteiger partial charge >= 0.3 is 0 Å². The molecule has 0 atom stereocenters. The second kappa shape index (κ2) is 6.00. The Bertz CT molecular complexity index is 358. The maximum atomic E-state index is 5.74. The third kappa shape index (κ3) is 3.81. The van der Waals surface area contributed by atoms with Crippen molar-refractivity contribution in [2.75, 3.05) is 30.9 Å². The first-order valence-corrected chi connectivity index (χ1v) is 5.48. The minimum atomic E-state index is 0.470. The van der Waals surface area contributed by atoms with E-state index in [-0.39, 0.29) is 0 Å². The van der Waals surface area contributed by atoms with Gasteiger partial charge in [-0.05, 0) is 24.6 Å². The zero-order chi connectivity index (χ0) is 12.0. The highest BCUT2D eigenvalue weighted by Crippen LogP contribution is 2.16. The Morgan fingerprint density at radius 2 is 2.19 bits per heavy atom. The van der Waals surface area contributed by atoms with Crippen molar-refractivity contribution in [1.82, 2.24) is 0 Å². The quantitative estimate of drug-likeness (QED) is 0.602. The van der Waals surface area contributed by atoms with Crippen LogP contribution in [0.2, 0.25) is 0 Å². The van der Waals surface area contributed by atoms with Gasteiger partial charge in [0.05, 0.1) is 0 Å². The van der Waals surface area contributed by atoms with E-state index in [2.05, 4.69) is 17.2 Å². The first kappa shape index (κ1) is 12.4. The molecule has 4 heteroatoms. The van der Waals surface area contributed by atoms with Gasteiger partial charge in [-0.25, -0.2) is 0 Å². The molecule has 0 heterocycles. The summed E-state index contributed by atoms with van der Waals surface area (Å²) in [5.41, 5.74) is 7.84. The third-order valence-corrected chi connectivity index (χ3v) is 2.14. The minimum Gasteiger partial charge on any atom is -0.378 e. The summed E-state index contributed by atoms with van der Waals surface area (Å²) in [5.74, 6) is 0.470. The molecule has 0 unspecified atom stereocenters. The fourth-order valence-electron chi connectivity index (χ4n) is 1.28. The Balaban J connectivity index is 2.70. The topological polar surface area (TPSA) is 53.6 Å². The van der Waals surface area contributed by atoms with Crippen molar-refractivity contribution in [3.8, 4) is 0 Å². The number of rotatable bonds is 4. The predicted molar refractivity (Wildman–Crippen MR) is 71.2 cm³/mol. The predicted octanol–water partition coefficient (Wildman–Crippen LogP) is 1.89. The van der Waals surface area contributed by atoms with Crippen molar-refractivity contribution in [3.05, 3.63) is 24.3 Å². The highest BCUT2D eigenvalue weighted by Gasteiger charge is 1.98. The van der Waals surface area contributed by atoms with Crippen LogP contribution in [-0.4, -0.2) is 26.6 Å². The molecule has 0 radical (unpaired) electrons. The van der Waals surface area contributed by atoms with Crippen LogP contribution in [0.5, 0.6) is 0 Å². The van der Waals surface area contributed by atoms with E-state index in [0.717, 1.165) is 24.3 Å². The lowest BCUT2D eigenvalue weighted by Crippen LogP contribution is -2.23. The average Bonchev–Trinajstić information content (AvgIpc) is 2.26. The van der Waals surface area contributed by atoms with Crippen LogP contribution in [0.15, 0.2) is 29.3 Å². The number of anilines is 2. The zero-order valence-electron chi connectivity index (χ0n) is 10.2. The third-order valence-electron chi connectivity index (χ3n) is 2.14. The molecular formula is C12H20N4. The van der Waals surface area contributed by atoms with Crippen LogP contribution in [0.1, 0.15) is 13.3 Å². The maximum Gasteiger partial charge on any atom is 0.193 e. The van der Waals surface area contributed by atoms with E-state index in [1.165, 1.54) is 0 Å². The summed E-state index contributed by atoms with van der Waals surface area (Å²) in [4.78, 5) is 6.23. The van der Waals surface area contributed by atoms with E-state index < -0.39 is 0 Å². The molecule has 3 N–H and O–H groups in total. The van der Waals surface area contributed by atoms with Gasteiger partial charge in [-0.1, -0.05) is 13.0 Å². The van der Waals surface area contributed by atoms with Crippen LogP contribution in [0.3, 0.4) is 0 Å². The summed E-state index contributed by atoms with van der Waals surface area (Å²) in [6.07, 6.45) is 1.00. The molecule has 1 aromatic rings. The number of nitrogens with two attached hydrogens (primary N) is 1. The van der Waals surface area contributed by atoms with Gasteiger partial charge in [-0.15, -0.1) is 0 Å². The molecule has 0 saturated heterocycles. The summed E-state index contributed by atoms with van der Waals surface area (Å²) >= 11 is 0. The molecule has 16 heavy (non-hydrogen) atoms. The van der Waals surface area contributed by atoms with Crippen LogP contribution in [-0.2, 0) is 0 Å². The first-order valence-electron chi connectivity index (χ1n) is 5.48. The number of aliphatic imine (C=N–C) groups is 1. The molecule has 0 aliphatic rings. The van der Waals surface area contributed by atoms with Gasteiger partial charge in [0.25, 0.3) is 0 Å². The van der Waals surface area contributed by atoms with Crippen LogP contribution in [0.25, 0.3) is 0 Å². The van der Waals surface area contributed by atoms with Gasteiger partial charge in [-0.3, -0.25) is 4.99 Å². The zero-order valence-corrected chi connectivity index (χ0v) is 10.2. The lowest BCUT2D eigenvalue weighted by Gasteiger charge is -2.14. The molecule has 0 aliphatic heterocycles. The van der Waals surface area contributed by atoms with Gasteiger partial charge < -0.3 is 16.0 Å².